The zero-order valence-corrected chi connectivity index (χ0v) is 18.1. The molecule has 0 bridgehead atoms. The lowest BCUT2D eigenvalue weighted by molar-refractivity contribution is 0.0695. The lowest BCUT2D eigenvalue weighted by Crippen LogP contribution is -2.46. The van der Waals surface area contributed by atoms with E-state index < -0.39 is 40.0 Å². The van der Waals surface area contributed by atoms with Gasteiger partial charge in [0, 0.05) is 36.8 Å². The molecule has 2 aliphatic rings. The highest BCUT2D eigenvalue weighted by molar-refractivity contribution is 5.95. The Morgan fingerprint density at radius 3 is 2.62 bits per heavy atom. The third kappa shape index (κ3) is 3.23. The smallest absolute Gasteiger partial charge is 0.341 e. The average molecular weight is 467 g/mol. The summed E-state index contributed by atoms with van der Waals surface area (Å²) in [4.78, 5) is 26.5. The number of nitrogens with two attached hydrogens (primary N) is 1. The van der Waals surface area contributed by atoms with Gasteiger partial charge < -0.3 is 20.3 Å². The molecule has 2 atom stereocenters. The maximum absolute atomic E-state index is 15.6. The van der Waals surface area contributed by atoms with Gasteiger partial charge in [-0.2, -0.15) is 0 Å². The monoisotopic (exact) mass is 467 g/mol. The van der Waals surface area contributed by atoms with E-state index in [4.69, 9.17) is 5.73 Å². The first kappa shape index (κ1) is 22.0. The van der Waals surface area contributed by atoms with E-state index in [0.29, 0.717) is 19.2 Å². The molecule has 1 aliphatic heterocycles. The number of halogens is 3. The fraction of sp³-hybridized carbons (Fsp3) is 0.200. The molecule has 2 aromatic carbocycles. The van der Waals surface area contributed by atoms with E-state index in [-0.39, 0.29) is 33.8 Å². The fourth-order valence-electron chi connectivity index (χ4n) is 4.84. The van der Waals surface area contributed by atoms with E-state index in [1.54, 1.807) is 4.90 Å². The molecule has 1 aliphatic carbocycles. The molecule has 0 amide bonds. The molecule has 9 heteroatoms. The number of anilines is 1. The van der Waals surface area contributed by atoms with Crippen molar-refractivity contribution in [1.82, 2.24) is 4.57 Å². The van der Waals surface area contributed by atoms with Gasteiger partial charge in [0.05, 0.1) is 27.8 Å². The predicted molar refractivity (Wildman–Crippen MR) is 122 cm³/mol. The first-order valence-corrected chi connectivity index (χ1v) is 10.6. The zero-order chi connectivity index (χ0) is 24.4. The third-order valence-corrected chi connectivity index (χ3v) is 6.62. The van der Waals surface area contributed by atoms with Gasteiger partial charge in [0.15, 0.2) is 0 Å². The van der Waals surface area contributed by atoms with Crippen LogP contribution in [0.15, 0.2) is 59.6 Å². The first-order chi connectivity index (χ1) is 16.1. The summed E-state index contributed by atoms with van der Waals surface area (Å²) in [6.07, 6.45) is 8.51. The van der Waals surface area contributed by atoms with Gasteiger partial charge in [0.25, 0.3) is 0 Å². The zero-order valence-electron chi connectivity index (χ0n) is 18.1. The number of aryl methyl sites for hydroxylation is 1. The van der Waals surface area contributed by atoms with Crippen LogP contribution in [0.25, 0.3) is 16.6 Å². The van der Waals surface area contributed by atoms with Crippen LogP contribution in [0, 0.1) is 30.3 Å². The summed E-state index contributed by atoms with van der Waals surface area (Å²) in [7, 11) is 0. The minimum Gasteiger partial charge on any atom is -0.477 e. The van der Waals surface area contributed by atoms with Crippen LogP contribution in [-0.4, -0.2) is 34.3 Å². The number of benzene rings is 2. The van der Waals surface area contributed by atoms with E-state index in [1.807, 2.05) is 24.3 Å². The number of aromatic carboxylic acids is 1. The Kier molecular flexibility index (Phi) is 4.91. The van der Waals surface area contributed by atoms with E-state index in [0.717, 1.165) is 22.9 Å². The van der Waals surface area contributed by atoms with Crippen LogP contribution in [0.2, 0.25) is 0 Å². The molecule has 0 saturated carbocycles. The molecule has 6 nitrogen and oxygen atoms in total. The summed E-state index contributed by atoms with van der Waals surface area (Å²) < 4.78 is 45.0. The van der Waals surface area contributed by atoms with Crippen molar-refractivity contribution in [3.63, 3.8) is 0 Å². The second-order valence-electron chi connectivity index (χ2n) is 8.71. The molecular formula is C25H20F3N3O3. The SMILES string of the molecule is Cc1c(F)c(N2CC3C=CC=CC3(N)C2)cc2c1c(=O)c(C(=O)O)cn2-c1ccc(F)cc1F. The average Bonchev–Trinajstić information content (AvgIpc) is 3.13. The maximum Gasteiger partial charge on any atom is 0.341 e. The number of pyridine rings is 1. The molecular weight excluding hydrogens is 447 g/mol. The van der Waals surface area contributed by atoms with Gasteiger partial charge in [-0.05, 0) is 25.1 Å². The summed E-state index contributed by atoms with van der Waals surface area (Å²) in [5.41, 5.74) is 4.29. The molecule has 3 N–H and O–H groups in total. The Balaban J connectivity index is 1.80. The molecule has 34 heavy (non-hydrogen) atoms. The van der Waals surface area contributed by atoms with Crippen LogP contribution in [0.4, 0.5) is 18.9 Å². The summed E-state index contributed by atoms with van der Waals surface area (Å²) >= 11 is 0. The minimum atomic E-state index is -1.54. The molecule has 1 fully saturated rings. The summed E-state index contributed by atoms with van der Waals surface area (Å²) in [5.74, 6) is -4.07. The van der Waals surface area contributed by atoms with Gasteiger partial charge in [0.1, 0.15) is 23.0 Å². The molecule has 0 radical (unpaired) electrons. The Bertz CT molecular complexity index is 1490. The predicted octanol–water partition coefficient (Wildman–Crippen LogP) is 3.67. The van der Waals surface area contributed by atoms with Crippen LogP contribution < -0.4 is 16.1 Å². The van der Waals surface area contributed by atoms with E-state index >= 15 is 4.39 Å². The van der Waals surface area contributed by atoms with Crippen LogP contribution in [0.3, 0.4) is 0 Å². The van der Waals surface area contributed by atoms with Crippen molar-refractivity contribution < 1.29 is 23.1 Å². The topological polar surface area (TPSA) is 88.6 Å². The summed E-state index contributed by atoms with van der Waals surface area (Å²) in [6, 6.07) is 4.19. The Morgan fingerprint density at radius 1 is 1.18 bits per heavy atom. The first-order valence-electron chi connectivity index (χ1n) is 10.6. The normalized spacial score (nSPS) is 21.3. The van der Waals surface area contributed by atoms with Crippen LogP contribution in [-0.2, 0) is 0 Å². The maximum atomic E-state index is 15.6. The number of carbonyl (C=O) groups is 1. The third-order valence-electron chi connectivity index (χ3n) is 6.62. The number of rotatable bonds is 3. The van der Waals surface area contributed by atoms with Gasteiger partial charge in [-0.15, -0.1) is 0 Å². The Morgan fingerprint density at radius 2 is 1.94 bits per heavy atom. The van der Waals surface area contributed by atoms with E-state index in [9.17, 15) is 23.5 Å². The van der Waals surface area contributed by atoms with Gasteiger partial charge in [-0.25, -0.2) is 18.0 Å². The summed E-state index contributed by atoms with van der Waals surface area (Å²) in [5, 5.41) is 9.36. The largest absolute Gasteiger partial charge is 0.477 e. The standard InChI is InChI=1S/C25H20F3N3O3/c1-13-21-19(9-20(22(13)28)30-10-14-4-2-3-7-25(14,29)12-30)31(11-16(23(21)32)24(33)34)18-6-5-15(26)8-17(18)27/h2-9,11,14H,10,12,29H2,1H3,(H,33,34). The van der Waals surface area contributed by atoms with Crippen molar-refractivity contribution in [2.24, 2.45) is 11.7 Å². The molecule has 5 rings (SSSR count). The number of carboxylic acids is 1. The van der Waals surface area contributed by atoms with Crippen molar-refractivity contribution in [3.05, 3.63) is 93.6 Å². The van der Waals surface area contributed by atoms with Crippen LogP contribution in [0.1, 0.15) is 15.9 Å². The number of carboxylic acid groups (broad SMARTS) is 1. The lowest BCUT2D eigenvalue weighted by Gasteiger charge is -2.27. The van der Waals surface area contributed by atoms with Crippen molar-refractivity contribution in [1.29, 1.82) is 0 Å². The van der Waals surface area contributed by atoms with E-state index in [1.165, 1.54) is 13.0 Å². The molecule has 0 spiro atoms. The van der Waals surface area contributed by atoms with Crippen molar-refractivity contribution in [3.8, 4) is 5.69 Å². The Hall–Kier alpha value is -3.85. The quantitative estimate of drug-likeness (QED) is 0.614. The fourth-order valence-corrected chi connectivity index (χ4v) is 4.84. The van der Waals surface area contributed by atoms with Gasteiger partial charge >= 0.3 is 5.97 Å². The number of aromatic nitrogens is 1. The molecule has 3 aromatic rings. The second-order valence-corrected chi connectivity index (χ2v) is 8.71. The highest BCUT2D eigenvalue weighted by Gasteiger charge is 2.42. The number of nitrogens with zero attached hydrogens (tertiary/aromatic N) is 2. The van der Waals surface area contributed by atoms with Crippen molar-refractivity contribution in [2.45, 2.75) is 12.5 Å². The highest BCUT2D eigenvalue weighted by Crippen LogP contribution is 2.37. The number of hydrogen-bond acceptors (Lipinski definition) is 4. The molecule has 1 saturated heterocycles. The van der Waals surface area contributed by atoms with Gasteiger partial charge in [0.2, 0.25) is 5.43 Å². The van der Waals surface area contributed by atoms with Crippen molar-refractivity contribution >= 4 is 22.6 Å². The van der Waals surface area contributed by atoms with Gasteiger partial charge in [-0.3, -0.25) is 4.79 Å². The lowest BCUT2D eigenvalue weighted by atomic mass is 9.85. The number of hydrogen-bond donors (Lipinski definition) is 2. The molecule has 2 unspecified atom stereocenters. The van der Waals surface area contributed by atoms with E-state index in [2.05, 4.69) is 0 Å². The Labute approximate surface area is 192 Å². The second kappa shape index (κ2) is 7.59. The summed E-state index contributed by atoms with van der Waals surface area (Å²) in [6.45, 7) is 2.10. The van der Waals surface area contributed by atoms with Crippen LogP contribution >= 0.6 is 0 Å². The molecule has 174 valence electrons. The van der Waals surface area contributed by atoms with Crippen LogP contribution in [0.5, 0.6) is 0 Å². The number of fused-ring (bicyclic) bond motifs is 2. The van der Waals surface area contributed by atoms with Gasteiger partial charge in [-0.1, -0.05) is 24.3 Å². The number of allylic oxidation sites excluding steroid dienone is 2. The van der Waals surface area contributed by atoms with Crippen molar-refractivity contribution in [2.75, 3.05) is 18.0 Å². The minimum absolute atomic E-state index is 0.0565. The molecule has 2 heterocycles. The highest BCUT2D eigenvalue weighted by atomic mass is 19.1. The molecule has 1 aromatic heterocycles.